The van der Waals surface area contributed by atoms with Crippen LogP contribution in [0.2, 0.25) is 0 Å². The van der Waals surface area contributed by atoms with Gasteiger partial charge in [0.05, 0.1) is 19.8 Å². The van der Waals surface area contributed by atoms with E-state index < -0.39 is 5.97 Å². The highest BCUT2D eigenvalue weighted by Gasteiger charge is 2.18. The Hall–Kier alpha value is -2.41. The molecule has 0 amide bonds. The van der Waals surface area contributed by atoms with Gasteiger partial charge in [0.25, 0.3) is 0 Å². The van der Waals surface area contributed by atoms with Gasteiger partial charge in [0.1, 0.15) is 6.61 Å². The minimum Gasteiger partial charge on any atom is -0.493 e. The van der Waals surface area contributed by atoms with Crippen LogP contribution >= 0.6 is 15.9 Å². The number of halogens is 1. The first-order valence-electron chi connectivity index (χ1n) is 7.09. The molecule has 2 aromatic rings. The smallest absolute Gasteiger partial charge is 0.338 e. The lowest BCUT2D eigenvalue weighted by atomic mass is 10.2. The third-order valence-corrected chi connectivity index (χ3v) is 4.26. The van der Waals surface area contributed by atoms with Gasteiger partial charge in [-0.1, -0.05) is 15.9 Å². The van der Waals surface area contributed by atoms with Crippen molar-refractivity contribution in [3.8, 4) is 23.0 Å². The van der Waals surface area contributed by atoms with Crippen LogP contribution in [0, 0.1) is 0 Å². The van der Waals surface area contributed by atoms with E-state index in [4.69, 9.17) is 23.7 Å². The SMILES string of the molecule is COc1ccc(C(=O)OCc2cc3c(cc2Br)OCO3)cc1OC. The third-order valence-electron chi connectivity index (χ3n) is 3.52. The molecule has 126 valence electrons. The van der Waals surface area contributed by atoms with Crippen LogP contribution in [0.1, 0.15) is 15.9 Å². The molecule has 0 atom stereocenters. The van der Waals surface area contributed by atoms with E-state index in [0.717, 1.165) is 10.0 Å². The van der Waals surface area contributed by atoms with E-state index in [1.165, 1.54) is 14.2 Å². The summed E-state index contributed by atoms with van der Waals surface area (Å²) >= 11 is 3.43. The van der Waals surface area contributed by atoms with Crippen molar-refractivity contribution in [1.82, 2.24) is 0 Å². The largest absolute Gasteiger partial charge is 0.493 e. The summed E-state index contributed by atoms with van der Waals surface area (Å²) in [4.78, 5) is 12.2. The van der Waals surface area contributed by atoms with Gasteiger partial charge in [-0.15, -0.1) is 0 Å². The number of carbonyl (C=O) groups is 1. The lowest BCUT2D eigenvalue weighted by Crippen LogP contribution is -2.06. The Kier molecular flexibility index (Phi) is 4.80. The van der Waals surface area contributed by atoms with E-state index in [2.05, 4.69) is 15.9 Å². The van der Waals surface area contributed by atoms with Crippen molar-refractivity contribution in [2.45, 2.75) is 6.61 Å². The molecule has 0 fully saturated rings. The zero-order chi connectivity index (χ0) is 17.1. The highest BCUT2D eigenvalue weighted by molar-refractivity contribution is 9.10. The number of methoxy groups -OCH3 is 2. The van der Waals surface area contributed by atoms with Crippen LogP contribution in [0.5, 0.6) is 23.0 Å². The summed E-state index contributed by atoms with van der Waals surface area (Å²) in [6.45, 7) is 0.293. The molecule has 0 radical (unpaired) electrons. The van der Waals surface area contributed by atoms with Crippen molar-refractivity contribution < 1.29 is 28.5 Å². The Morgan fingerprint density at radius 3 is 2.50 bits per heavy atom. The molecule has 3 rings (SSSR count). The predicted molar refractivity (Wildman–Crippen MR) is 88.9 cm³/mol. The van der Waals surface area contributed by atoms with Crippen LogP contribution in [0.25, 0.3) is 0 Å². The Bertz CT molecular complexity index is 774. The first-order valence-corrected chi connectivity index (χ1v) is 7.89. The zero-order valence-electron chi connectivity index (χ0n) is 13.1. The van der Waals surface area contributed by atoms with Gasteiger partial charge < -0.3 is 23.7 Å². The molecule has 7 heteroatoms. The maximum atomic E-state index is 12.2. The summed E-state index contributed by atoms with van der Waals surface area (Å²) in [5, 5.41) is 0. The monoisotopic (exact) mass is 394 g/mol. The Morgan fingerprint density at radius 1 is 1.08 bits per heavy atom. The zero-order valence-corrected chi connectivity index (χ0v) is 14.7. The normalized spacial score (nSPS) is 12.0. The molecule has 2 aromatic carbocycles. The van der Waals surface area contributed by atoms with E-state index in [9.17, 15) is 4.79 Å². The Labute approximate surface area is 147 Å². The molecule has 1 aliphatic heterocycles. The summed E-state index contributed by atoms with van der Waals surface area (Å²) in [7, 11) is 3.05. The van der Waals surface area contributed by atoms with E-state index in [1.807, 2.05) is 0 Å². The first-order chi connectivity index (χ1) is 11.6. The highest BCUT2D eigenvalue weighted by atomic mass is 79.9. The van der Waals surface area contributed by atoms with Gasteiger partial charge in [-0.25, -0.2) is 4.79 Å². The second kappa shape index (κ2) is 7.00. The van der Waals surface area contributed by atoms with Crippen molar-refractivity contribution in [1.29, 1.82) is 0 Å². The van der Waals surface area contributed by atoms with Crippen LogP contribution in [0.15, 0.2) is 34.8 Å². The van der Waals surface area contributed by atoms with Crippen molar-refractivity contribution >= 4 is 21.9 Å². The van der Waals surface area contributed by atoms with Gasteiger partial charge in [0.15, 0.2) is 23.0 Å². The van der Waals surface area contributed by atoms with Crippen molar-refractivity contribution in [3.63, 3.8) is 0 Å². The number of benzene rings is 2. The fourth-order valence-electron chi connectivity index (χ4n) is 2.26. The molecule has 24 heavy (non-hydrogen) atoms. The Morgan fingerprint density at radius 2 is 1.79 bits per heavy atom. The van der Waals surface area contributed by atoms with Gasteiger partial charge in [0.2, 0.25) is 6.79 Å². The van der Waals surface area contributed by atoms with Crippen molar-refractivity contribution in [2.24, 2.45) is 0 Å². The number of rotatable bonds is 5. The van der Waals surface area contributed by atoms with Gasteiger partial charge in [-0.05, 0) is 30.3 Å². The quantitative estimate of drug-likeness (QED) is 0.722. The summed E-state index contributed by atoms with van der Waals surface area (Å²) in [5.41, 5.74) is 1.16. The fraction of sp³-hybridized carbons (Fsp3) is 0.235. The molecule has 0 spiro atoms. The number of fused-ring (bicyclic) bond motifs is 1. The topological polar surface area (TPSA) is 63.2 Å². The third kappa shape index (κ3) is 3.26. The van der Waals surface area contributed by atoms with Gasteiger partial charge >= 0.3 is 5.97 Å². The van der Waals surface area contributed by atoms with Crippen LogP contribution in [-0.4, -0.2) is 27.0 Å². The predicted octanol–water partition coefficient (Wildman–Crippen LogP) is 3.55. The summed E-state index contributed by atoms with van der Waals surface area (Å²) < 4.78 is 27.1. The molecule has 0 N–H and O–H groups in total. The number of carbonyl (C=O) groups excluding carboxylic acids is 1. The maximum absolute atomic E-state index is 12.2. The summed E-state index contributed by atoms with van der Waals surface area (Å²) in [5.74, 6) is 1.86. The molecule has 1 aliphatic rings. The molecule has 0 bridgehead atoms. The molecular weight excluding hydrogens is 380 g/mol. The fourth-order valence-corrected chi connectivity index (χ4v) is 2.70. The maximum Gasteiger partial charge on any atom is 0.338 e. The van der Waals surface area contributed by atoms with Crippen molar-refractivity contribution in [3.05, 3.63) is 45.9 Å². The van der Waals surface area contributed by atoms with Crippen LogP contribution in [0.3, 0.4) is 0 Å². The minimum absolute atomic E-state index is 0.102. The van der Waals surface area contributed by atoms with E-state index >= 15 is 0 Å². The van der Waals surface area contributed by atoms with Gasteiger partial charge in [-0.3, -0.25) is 0 Å². The molecule has 0 unspecified atom stereocenters. The number of hydrogen-bond donors (Lipinski definition) is 0. The van der Waals surface area contributed by atoms with Crippen LogP contribution in [0.4, 0.5) is 0 Å². The van der Waals surface area contributed by atoms with E-state index in [-0.39, 0.29) is 13.4 Å². The molecule has 0 saturated carbocycles. The molecule has 0 aromatic heterocycles. The number of ether oxygens (including phenoxy) is 5. The van der Waals surface area contributed by atoms with Gasteiger partial charge in [0, 0.05) is 10.0 Å². The second-order valence-corrected chi connectivity index (χ2v) is 5.80. The molecule has 0 saturated heterocycles. The van der Waals surface area contributed by atoms with Crippen molar-refractivity contribution in [2.75, 3.05) is 21.0 Å². The average molecular weight is 395 g/mol. The summed E-state index contributed by atoms with van der Waals surface area (Å²) in [6.07, 6.45) is 0. The first kappa shape index (κ1) is 16.4. The second-order valence-electron chi connectivity index (χ2n) is 4.94. The highest BCUT2D eigenvalue weighted by Crippen LogP contribution is 2.37. The molecule has 1 heterocycles. The molecule has 6 nitrogen and oxygen atoms in total. The van der Waals surface area contributed by atoms with E-state index in [1.54, 1.807) is 30.3 Å². The lowest BCUT2D eigenvalue weighted by molar-refractivity contribution is 0.0471. The molecule has 0 aliphatic carbocycles. The number of esters is 1. The number of hydrogen-bond acceptors (Lipinski definition) is 6. The molecular formula is C17H15BrO6. The minimum atomic E-state index is -0.458. The standard InChI is InChI=1S/C17H15BrO6/c1-20-13-4-3-10(5-14(13)21-2)17(19)22-8-11-6-15-16(7-12(11)18)24-9-23-15/h3-7H,8-9H2,1-2H3. The Balaban J connectivity index is 1.72. The average Bonchev–Trinajstić information content (AvgIpc) is 3.05. The lowest BCUT2D eigenvalue weighted by Gasteiger charge is -2.10. The van der Waals surface area contributed by atoms with E-state index in [0.29, 0.717) is 28.6 Å². The van der Waals surface area contributed by atoms with Crippen LogP contribution < -0.4 is 18.9 Å². The van der Waals surface area contributed by atoms with Crippen LogP contribution in [-0.2, 0) is 11.3 Å². The summed E-state index contributed by atoms with van der Waals surface area (Å²) in [6, 6.07) is 8.44. The van der Waals surface area contributed by atoms with Gasteiger partial charge in [-0.2, -0.15) is 0 Å².